The van der Waals surface area contributed by atoms with Crippen LogP contribution in [-0.4, -0.2) is 76.2 Å². The summed E-state index contributed by atoms with van der Waals surface area (Å²) in [6, 6.07) is 11.1. The average molecular weight is 490 g/mol. The summed E-state index contributed by atoms with van der Waals surface area (Å²) in [5, 5.41) is 17.1. The first kappa shape index (κ1) is 23.7. The molecule has 36 heavy (non-hydrogen) atoms. The molecule has 1 amide bonds. The van der Waals surface area contributed by atoms with E-state index in [0.717, 1.165) is 18.4 Å². The fourth-order valence-electron chi connectivity index (χ4n) is 4.15. The van der Waals surface area contributed by atoms with Crippen molar-refractivity contribution in [2.45, 2.75) is 25.0 Å². The molecule has 0 aliphatic carbocycles. The zero-order valence-corrected chi connectivity index (χ0v) is 20.2. The number of aromatic nitrogens is 4. The number of likely N-dealkylation sites (tertiary alicyclic amines) is 1. The number of anilines is 2. The lowest BCUT2D eigenvalue weighted by atomic mass is 10.1. The van der Waals surface area contributed by atoms with E-state index >= 15 is 0 Å². The largest absolute Gasteiger partial charge is 0.489 e. The van der Waals surface area contributed by atoms with Gasteiger partial charge in [-0.05, 0) is 24.3 Å². The number of nitrogens with zero attached hydrogens (tertiary/aromatic N) is 6. The first-order valence-corrected chi connectivity index (χ1v) is 11.8. The summed E-state index contributed by atoms with van der Waals surface area (Å²) in [6.45, 7) is 2.45. The monoisotopic (exact) mass is 489 g/mol. The number of benzene rings is 1. The molecule has 0 saturated carbocycles. The van der Waals surface area contributed by atoms with Gasteiger partial charge < -0.3 is 24.4 Å². The summed E-state index contributed by atoms with van der Waals surface area (Å²) >= 11 is 0. The van der Waals surface area contributed by atoms with E-state index < -0.39 is 0 Å². The van der Waals surface area contributed by atoms with Gasteiger partial charge in [0.25, 0.3) is 5.91 Å². The van der Waals surface area contributed by atoms with E-state index in [4.69, 9.17) is 14.2 Å². The third-order valence-electron chi connectivity index (χ3n) is 6.32. The molecule has 4 heterocycles. The van der Waals surface area contributed by atoms with Crippen LogP contribution in [0.4, 0.5) is 11.8 Å². The van der Waals surface area contributed by atoms with Gasteiger partial charge in [0.15, 0.2) is 5.69 Å². The molecule has 0 bridgehead atoms. The fraction of sp³-hybridized carbons (Fsp3) is 0.400. The molecule has 5 rings (SSSR count). The molecule has 1 aromatic carbocycles. The van der Waals surface area contributed by atoms with E-state index in [1.807, 2.05) is 12.1 Å². The number of ether oxygens (including phenoxy) is 3. The molecule has 2 aromatic heterocycles. The van der Waals surface area contributed by atoms with E-state index in [9.17, 15) is 10.1 Å². The minimum Gasteiger partial charge on any atom is -0.489 e. The first-order valence-electron chi connectivity index (χ1n) is 11.8. The molecule has 2 aliphatic rings. The minimum absolute atomic E-state index is 0.0460. The zero-order valence-electron chi connectivity index (χ0n) is 20.2. The highest BCUT2D eigenvalue weighted by molar-refractivity contribution is 5.93. The van der Waals surface area contributed by atoms with Crippen LogP contribution in [0.25, 0.3) is 11.3 Å². The Bertz CT molecular complexity index is 1290. The Kier molecular flexibility index (Phi) is 6.79. The first-order chi connectivity index (χ1) is 17.5. The molecule has 3 aromatic rings. The predicted molar refractivity (Wildman–Crippen MR) is 130 cm³/mol. The Hall–Kier alpha value is -4.01. The van der Waals surface area contributed by atoms with E-state index in [1.165, 1.54) is 0 Å². The van der Waals surface area contributed by atoms with Crippen LogP contribution in [0.2, 0.25) is 0 Å². The Morgan fingerprint density at radius 1 is 1.19 bits per heavy atom. The third kappa shape index (κ3) is 5.00. The normalized spacial score (nSPS) is 16.3. The van der Waals surface area contributed by atoms with E-state index in [-0.39, 0.29) is 18.1 Å². The topological polar surface area (TPSA) is 127 Å². The van der Waals surface area contributed by atoms with Gasteiger partial charge in [0, 0.05) is 57.9 Å². The van der Waals surface area contributed by atoms with Crippen molar-refractivity contribution in [3.63, 3.8) is 0 Å². The highest BCUT2D eigenvalue weighted by Gasteiger charge is 2.32. The van der Waals surface area contributed by atoms with Crippen LogP contribution in [0, 0.1) is 11.3 Å². The van der Waals surface area contributed by atoms with Crippen molar-refractivity contribution in [2.24, 2.45) is 7.05 Å². The lowest BCUT2D eigenvalue weighted by Gasteiger charge is -2.37. The third-order valence-corrected chi connectivity index (χ3v) is 6.32. The van der Waals surface area contributed by atoms with Crippen LogP contribution in [0.1, 0.15) is 28.9 Å². The van der Waals surface area contributed by atoms with Crippen molar-refractivity contribution in [3.05, 3.63) is 47.8 Å². The molecule has 0 spiro atoms. The summed E-state index contributed by atoms with van der Waals surface area (Å²) in [5.74, 6) is 1.34. The number of hydrogen-bond acceptors (Lipinski definition) is 9. The average Bonchev–Trinajstić information content (AvgIpc) is 3.24. The van der Waals surface area contributed by atoms with Gasteiger partial charge in [0.05, 0.1) is 30.6 Å². The maximum Gasteiger partial charge on any atom is 0.274 e. The lowest BCUT2D eigenvalue weighted by Crippen LogP contribution is -2.54. The number of rotatable bonds is 7. The van der Waals surface area contributed by atoms with Crippen molar-refractivity contribution in [2.75, 3.05) is 38.7 Å². The number of hydrogen-bond donors (Lipinski definition) is 1. The summed E-state index contributed by atoms with van der Waals surface area (Å²) in [7, 11) is 3.38. The van der Waals surface area contributed by atoms with Gasteiger partial charge in [-0.3, -0.25) is 9.48 Å². The number of methoxy groups -OCH3 is 1. The number of carbonyl (C=O) groups excluding carboxylic acids is 1. The second kappa shape index (κ2) is 10.3. The quantitative estimate of drug-likeness (QED) is 0.532. The summed E-state index contributed by atoms with van der Waals surface area (Å²) in [4.78, 5) is 23.2. The molecular formula is C25H27N7O4. The second-order valence-corrected chi connectivity index (χ2v) is 8.75. The Morgan fingerprint density at radius 2 is 2.00 bits per heavy atom. The number of nitrogens with one attached hydrogen (secondary N) is 1. The molecule has 0 unspecified atom stereocenters. The Labute approximate surface area is 208 Å². The molecule has 0 radical (unpaired) electrons. The van der Waals surface area contributed by atoms with Crippen LogP contribution in [-0.2, 0) is 16.5 Å². The molecule has 2 fully saturated rings. The standard InChI is InChI=1S/C25H27N7O4/c1-31-23(12-21(30-31)24(33)32-14-19(15-32)34-2)29-25-27-8-5-20(28-25)16-3-4-22(17(11-16)13-26)36-18-6-9-35-10-7-18/h3-5,8,11-12,18-19H,6-7,9-10,14-15H2,1-2H3,(H,27,28,29). The highest BCUT2D eigenvalue weighted by atomic mass is 16.5. The predicted octanol–water partition coefficient (Wildman–Crippen LogP) is 2.52. The molecule has 186 valence electrons. The Balaban J connectivity index is 1.30. The highest BCUT2D eigenvalue weighted by Crippen LogP contribution is 2.28. The van der Waals surface area contributed by atoms with Crippen molar-refractivity contribution >= 4 is 17.7 Å². The number of nitriles is 1. The summed E-state index contributed by atoms with van der Waals surface area (Å²) in [6.07, 6.45) is 3.37. The zero-order chi connectivity index (χ0) is 25.1. The number of amides is 1. The fourth-order valence-corrected chi connectivity index (χ4v) is 4.15. The number of aryl methyl sites for hydroxylation is 1. The van der Waals surface area contributed by atoms with Crippen molar-refractivity contribution in [1.29, 1.82) is 5.26 Å². The van der Waals surface area contributed by atoms with Gasteiger partial charge in [-0.1, -0.05) is 0 Å². The van der Waals surface area contributed by atoms with E-state index in [2.05, 4.69) is 26.5 Å². The molecule has 0 atom stereocenters. The van der Waals surface area contributed by atoms with E-state index in [0.29, 0.717) is 60.8 Å². The maximum atomic E-state index is 12.7. The molecule has 2 aliphatic heterocycles. The van der Waals surface area contributed by atoms with Gasteiger partial charge in [0.1, 0.15) is 23.7 Å². The lowest BCUT2D eigenvalue weighted by molar-refractivity contribution is -0.0195. The van der Waals surface area contributed by atoms with Crippen molar-refractivity contribution in [3.8, 4) is 23.1 Å². The van der Waals surface area contributed by atoms with Gasteiger partial charge in [-0.2, -0.15) is 10.4 Å². The SMILES string of the molecule is COC1CN(C(=O)c2cc(Nc3nccc(-c4ccc(OC5CCOCC5)c(C#N)c4)n3)n(C)n2)C1. The Morgan fingerprint density at radius 3 is 2.75 bits per heavy atom. The van der Waals surface area contributed by atoms with Crippen LogP contribution in [0.15, 0.2) is 36.5 Å². The van der Waals surface area contributed by atoms with Crippen LogP contribution < -0.4 is 10.1 Å². The molecular weight excluding hydrogens is 462 g/mol. The van der Waals surface area contributed by atoms with Gasteiger partial charge in [0.2, 0.25) is 5.95 Å². The van der Waals surface area contributed by atoms with E-state index in [1.54, 1.807) is 48.1 Å². The number of carbonyl (C=O) groups is 1. The van der Waals surface area contributed by atoms with Crippen LogP contribution in [0.5, 0.6) is 5.75 Å². The molecule has 11 heteroatoms. The second-order valence-electron chi connectivity index (χ2n) is 8.75. The molecule has 1 N–H and O–H groups in total. The maximum absolute atomic E-state index is 12.7. The smallest absolute Gasteiger partial charge is 0.274 e. The molecule has 2 saturated heterocycles. The van der Waals surface area contributed by atoms with Crippen LogP contribution in [0.3, 0.4) is 0 Å². The summed E-state index contributed by atoms with van der Waals surface area (Å²) in [5.41, 5.74) is 2.20. The summed E-state index contributed by atoms with van der Waals surface area (Å²) < 4.78 is 18.2. The van der Waals surface area contributed by atoms with Gasteiger partial charge >= 0.3 is 0 Å². The van der Waals surface area contributed by atoms with Gasteiger partial charge in [-0.25, -0.2) is 9.97 Å². The molecule has 11 nitrogen and oxygen atoms in total. The van der Waals surface area contributed by atoms with Crippen LogP contribution >= 0.6 is 0 Å². The minimum atomic E-state index is -0.145. The van der Waals surface area contributed by atoms with Crippen molar-refractivity contribution in [1.82, 2.24) is 24.6 Å². The van der Waals surface area contributed by atoms with Gasteiger partial charge in [-0.15, -0.1) is 0 Å². The van der Waals surface area contributed by atoms with Crippen molar-refractivity contribution < 1.29 is 19.0 Å².